The van der Waals surface area contributed by atoms with Crippen LogP contribution < -0.4 is 11.1 Å². The predicted molar refractivity (Wildman–Crippen MR) is 75.9 cm³/mol. The number of carbonyl (C=O) groups is 1. The first kappa shape index (κ1) is 14.3. The highest BCUT2D eigenvalue weighted by Gasteiger charge is 2.19. The van der Waals surface area contributed by atoms with Gasteiger partial charge in [0.25, 0.3) is 0 Å². The summed E-state index contributed by atoms with van der Waals surface area (Å²) >= 11 is 0. The minimum Gasteiger partial charge on any atom is -0.444 e. The number of hydrogen-bond acceptors (Lipinski definition) is 4. The molecule has 0 aliphatic carbocycles. The van der Waals surface area contributed by atoms with Gasteiger partial charge in [0.2, 0.25) is 11.8 Å². The Kier molecular flexibility index (Phi) is 4.53. The molecule has 0 saturated carbocycles. The lowest BCUT2D eigenvalue weighted by molar-refractivity contribution is -0.123. The van der Waals surface area contributed by atoms with Gasteiger partial charge in [-0.3, -0.25) is 4.79 Å². The van der Waals surface area contributed by atoms with E-state index < -0.39 is 6.04 Å². The maximum Gasteiger partial charge on any atom is 0.237 e. The Morgan fingerprint density at radius 3 is 2.70 bits per heavy atom. The van der Waals surface area contributed by atoms with Crippen LogP contribution in [0.25, 0.3) is 0 Å². The Hall–Kier alpha value is -2.14. The summed E-state index contributed by atoms with van der Waals surface area (Å²) in [6.07, 6.45) is 2.13. The van der Waals surface area contributed by atoms with Crippen molar-refractivity contribution in [3.63, 3.8) is 0 Å². The summed E-state index contributed by atoms with van der Waals surface area (Å²) in [5.41, 5.74) is 6.95. The monoisotopic (exact) mass is 273 g/mol. The molecule has 3 N–H and O–H groups in total. The van der Waals surface area contributed by atoms with Gasteiger partial charge in [-0.05, 0) is 25.8 Å². The maximum atomic E-state index is 12.0. The van der Waals surface area contributed by atoms with Crippen molar-refractivity contribution in [1.29, 1.82) is 0 Å². The third-order valence-corrected chi connectivity index (χ3v) is 3.00. The molecule has 0 saturated heterocycles. The summed E-state index contributed by atoms with van der Waals surface area (Å²) in [6, 6.07) is 8.81. The van der Waals surface area contributed by atoms with Crippen LogP contribution in [0.3, 0.4) is 0 Å². The zero-order valence-corrected chi connectivity index (χ0v) is 11.7. The van der Waals surface area contributed by atoms with Gasteiger partial charge in [-0.1, -0.05) is 30.3 Å². The number of carbonyl (C=O) groups excluding carboxylic acids is 1. The van der Waals surface area contributed by atoms with E-state index in [9.17, 15) is 4.79 Å². The summed E-state index contributed by atoms with van der Waals surface area (Å²) in [5, 5.41) is 2.81. The van der Waals surface area contributed by atoms with E-state index in [1.165, 1.54) is 0 Å². The molecule has 1 aromatic heterocycles. The van der Waals surface area contributed by atoms with E-state index in [2.05, 4.69) is 10.3 Å². The number of nitrogens with one attached hydrogen (secondary N) is 1. The topological polar surface area (TPSA) is 81.2 Å². The normalized spacial score (nSPS) is 13.8. The molecule has 0 bridgehead atoms. The Bertz CT molecular complexity index is 566. The van der Waals surface area contributed by atoms with Gasteiger partial charge in [0.05, 0.1) is 12.2 Å². The molecule has 2 aromatic rings. The van der Waals surface area contributed by atoms with Crippen LogP contribution in [0.1, 0.15) is 30.2 Å². The van der Waals surface area contributed by atoms with Gasteiger partial charge in [-0.15, -0.1) is 0 Å². The quantitative estimate of drug-likeness (QED) is 0.869. The summed E-state index contributed by atoms with van der Waals surface area (Å²) in [4.78, 5) is 16.1. The van der Waals surface area contributed by atoms with Crippen LogP contribution >= 0.6 is 0 Å². The van der Waals surface area contributed by atoms with E-state index in [0.29, 0.717) is 12.3 Å². The molecule has 0 aliphatic heterocycles. The van der Waals surface area contributed by atoms with Crippen molar-refractivity contribution in [2.75, 3.05) is 0 Å². The number of oxazole rings is 1. The minimum absolute atomic E-state index is 0.211. The predicted octanol–water partition coefficient (Wildman–Crippen LogP) is 1.73. The first-order valence-corrected chi connectivity index (χ1v) is 6.58. The molecule has 0 radical (unpaired) electrons. The number of nitrogens with zero attached hydrogens (tertiary/aromatic N) is 1. The van der Waals surface area contributed by atoms with Crippen LogP contribution in [0, 0.1) is 6.92 Å². The molecule has 0 spiro atoms. The molecule has 5 heteroatoms. The first-order chi connectivity index (χ1) is 9.56. The van der Waals surface area contributed by atoms with E-state index in [1.54, 1.807) is 6.20 Å². The highest BCUT2D eigenvalue weighted by Crippen LogP contribution is 2.12. The van der Waals surface area contributed by atoms with Gasteiger partial charge in [0.15, 0.2) is 0 Å². The number of amides is 1. The van der Waals surface area contributed by atoms with E-state index in [4.69, 9.17) is 10.2 Å². The molecule has 5 nitrogen and oxygen atoms in total. The second-order valence-electron chi connectivity index (χ2n) is 4.84. The van der Waals surface area contributed by atoms with Gasteiger partial charge in [0, 0.05) is 0 Å². The zero-order valence-electron chi connectivity index (χ0n) is 11.7. The van der Waals surface area contributed by atoms with Crippen molar-refractivity contribution in [1.82, 2.24) is 10.3 Å². The highest BCUT2D eigenvalue weighted by atomic mass is 16.4. The summed E-state index contributed by atoms with van der Waals surface area (Å²) in [7, 11) is 0. The molecule has 2 rings (SSSR count). The number of benzene rings is 1. The molecule has 1 heterocycles. The van der Waals surface area contributed by atoms with E-state index in [-0.39, 0.29) is 11.9 Å². The molecule has 20 heavy (non-hydrogen) atoms. The summed E-state index contributed by atoms with van der Waals surface area (Å²) in [5.74, 6) is 0.995. The number of aryl methyl sites for hydroxylation is 1. The van der Waals surface area contributed by atoms with Gasteiger partial charge >= 0.3 is 0 Å². The van der Waals surface area contributed by atoms with E-state index in [1.807, 2.05) is 44.2 Å². The van der Waals surface area contributed by atoms with Crippen molar-refractivity contribution < 1.29 is 9.21 Å². The SMILES string of the molecule is Cc1cnc(C(C)NC(=O)[C@@H](N)Cc2ccccc2)o1. The molecule has 1 amide bonds. The standard InChI is InChI=1S/C15H19N3O2/c1-10-9-17-15(20-10)11(2)18-14(19)13(16)8-12-6-4-3-5-7-12/h3-7,9,11,13H,8,16H2,1-2H3,(H,18,19)/t11?,13-/m0/s1. The second kappa shape index (κ2) is 6.34. The number of nitrogens with two attached hydrogens (primary N) is 1. The fourth-order valence-electron chi connectivity index (χ4n) is 1.92. The lowest BCUT2D eigenvalue weighted by atomic mass is 10.1. The van der Waals surface area contributed by atoms with Crippen LogP contribution in [0.4, 0.5) is 0 Å². The largest absolute Gasteiger partial charge is 0.444 e. The Morgan fingerprint density at radius 1 is 1.40 bits per heavy atom. The van der Waals surface area contributed by atoms with Crippen molar-refractivity contribution in [2.45, 2.75) is 32.4 Å². The average Bonchev–Trinajstić information content (AvgIpc) is 2.86. The molecule has 0 fully saturated rings. The van der Waals surface area contributed by atoms with Crippen LogP contribution in [0.5, 0.6) is 0 Å². The van der Waals surface area contributed by atoms with Crippen molar-refractivity contribution in [3.05, 3.63) is 53.7 Å². The second-order valence-corrected chi connectivity index (χ2v) is 4.84. The van der Waals surface area contributed by atoms with Crippen molar-refractivity contribution in [3.8, 4) is 0 Å². The van der Waals surface area contributed by atoms with Crippen LogP contribution in [-0.2, 0) is 11.2 Å². The van der Waals surface area contributed by atoms with Crippen LogP contribution in [0.2, 0.25) is 0 Å². The third kappa shape index (κ3) is 3.68. The smallest absolute Gasteiger partial charge is 0.237 e. The maximum absolute atomic E-state index is 12.0. The average molecular weight is 273 g/mol. The van der Waals surface area contributed by atoms with Crippen LogP contribution in [-0.4, -0.2) is 16.9 Å². The molecule has 1 unspecified atom stereocenters. The molecule has 2 atom stereocenters. The summed E-state index contributed by atoms with van der Waals surface area (Å²) in [6.45, 7) is 3.63. The molecule has 0 aliphatic rings. The number of aromatic nitrogens is 1. The van der Waals surface area contributed by atoms with Crippen molar-refractivity contribution in [2.24, 2.45) is 5.73 Å². The summed E-state index contributed by atoms with van der Waals surface area (Å²) < 4.78 is 5.38. The van der Waals surface area contributed by atoms with Gasteiger partial charge < -0.3 is 15.5 Å². The molecule has 106 valence electrons. The number of hydrogen-bond donors (Lipinski definition) is 2. The highest BCUT2D eigenvalue weighted by molar-refractivity contribution is 5.82. The molecular weight excluding hydrogens is 254 g/mol. The Balaban J connectivity index is 1.91. The first-order valence-electron chi connectivity index (χ1n) is 6.58. The van der Waals surface area contributed by atoms with Gasteiger partial charge in [-0.2, -0.15) is 0 Å². The lowest BCUT2D eigenvalue weighted by Crippen LogP contribution is -2.43. The van der Waals surface area contributed by atoms with Crippen molar-refractivity contribution >= 4 is 5.91 Å². The zero-order chi connectivity index (χ0) is 14.5. The lowest BCUT2D eigenvalue weighted by Gasteiger charge is -2.15. The molecule has 1 aromatic carbocycles. The minimum atomic E-state index is -0.587. The van der Waals surface area contributed by atoms with E-state index >= 15 is 0 Å². The van der Waals surface area contributed by atoms with E-state index in [0.717, 1.165) is 11.3 Å². The Morgan fingerprint density at radius 2 is 2.10 bits per heavy atom. The third-order valence-electron chi connectivity index (χ3n) is 3.00. The number of rotatable bonds is 5. The van der Waals surface area contributed by atoms with Gasteiger partial charge in [-0.25, -0.2) is 4.98 Å². The fourth-order valence-corrected chi connectivity index (χ4v) is 1.92. The molecular formula is C15H19N3O2. The fraction of sp³-hybridized carbons (Fsp3) is 0.333. The van der Waals surface area contributed by atoms with Gasteiger partial charge in [0.1, 0.15) is 11.8 Å². The Labute approximate surface area is 118 Å². The van der Waals surface area contributed by atoms with Crippen LogP contribution in [0.15, 0.2) is 40.9 Å².